The van der Waals surface area contributed by atoms with Crippen LogP contribution in [0.4, 0.5) is 0 Å². The summed E-state index contributed by atoms with van der Waals surface area (Å²) in [7, 11) is 4.51. The van der Waals surface area contributed by atoms with Crippen LogP contribution in [0.3, 0.4) is 0 Å². The number of fused-ring (bicyclic) bond motifs is 2. The van der Waals surface area contributed by atoms with E-state index in [-0.39, 0.29) is 41.7 Å². The van der Waals surface area contributed by atoms with E-state index in [1.807, 2.05) is 25.1 Å². The molecule has 0 aliphatic carbocycles. The number of allylic oxidation sites excluding steroid dienone is 1. The van der Waals surface area contributed by atoms with Gasteiger partial charge in [0, 0.05) is 23.4 Å². The van der Waals surface area contributed by atoms with Gasteiger partial charge in [-0.3, -0.25) is 4.79 Å². The highest BCUT2D eigenvalue weighted by atomic mass is 16.7. The van der Waals surface area contributed by atoms with Gasteiger partial charge in [-0.2, -0.15) is 5.26 Å². The quantitative estimate of drug-likeness (QED) is 0.539. The number of pyridine rings is 1. The summed E-state index contributed by atoms with van der Waals surface area (Å²) in [4.78, 5) is 14.1. The first-order valence-electron chi connectivity index (χ1n) is 11.4. The largest absolute Gasteiger partial charge is 0.496 e. The Morgan fingerprint density at radius 1 is 1.00 bits per heavy atom. The molecular weight excluding hydrogens is 478 g/mol. The van der Waals surface area contributed by atoms with Crippen LogP contribution in [0.5, 0.6) is 34.5 Å². The lowest BCUT2D eigenvalue weighted by atomic mass is 9.83. The number of nitrogens with zero attached hydrogens (tertiary/aromatic N) is 2. The fourth-order valence-corrected chi connectivity index (χ4v) is 4.69. The van der Waals surface area contributed by atoms with Crippen molar-refractivity contribution in [3.8, 4) is 40.6 Å². The third kappa shape index (κ3) is 3.94. The maximum absolute atomic E-state index is 14.1. The van der Waals surface area contributed by atoms with Crippen LogP contribution in [0.2, 0.25) is 0 Å². The number of aromatic nitrogens is 1. The minimum Gasteiger partial charge on any atom is -0.496 e. The fourth-order valence-electron chi connectivity index (χ4n) is 4.69. The van der Waals surface area contributed by atoms with E-state index in [1.54, 1.807) is 22.8 Å². The number of methoxy groups -OCH3 is 3. The summed E-state index contributed by atoms with van der Waals surface area (Å²) in [6, 6.07) is 12.7. The van der Waals surface area contributed by atoms with Crippen LogP contribution >= 0.6 is 0 Å². The minimum atomic E-state index is -0.861. The molecule has 0 radical (unpaired) electrons. The SMILES string of the molecule is COc1cc(OC)c(C2C(C#N)=C(N)Oc3cc(C)n(Cc4ccc5c(c4)OCO5)c(=O)c32)cc1OC. The number of nitrogens with two attached hydrogens (primary N) is 1. The summed E-state index contributed by atoms with van der Waals surface area (Å²) in [6.07, 6.45) is 0. The molecule has 1 unspecified atom stereocenters. The lowest BCUT2D eigenvalue weighted by Gasteiger charge is -2.28. The van der Waals surface area contributed by atoms with E-state index in [4.69, 9.17) is 34.2 Å². The molecule has 5 rings (SSSR count). The number of hydrogen-bond donors (Lipinski definition) is 1. The second-order valence-corrected chi connectivity index (χ2v) is 8.52. The molecule has 3 aromatic rings. The van der Waals surface area contributed by atoms with Crippen molar-refractivity contribution in [2.45, 2.75) is 19.4 Å². The molecule has 2 aliphatic rings. The van der Waals surface area contributed by atoms with Crippen molar-refractivity contribution < 1.29 is 28.4 Å². The van der Waals surface area contributed by atoms with Gasteiger partial charge in [-0.15, -0.1) is 0 Å². The van der Waals surface area contributed by atoms with E-state index in [0.29, 0.717) is 40.0 Å². The molecule has 0 bridgehead atoms. The van der Waals surface area contributed by atoms with Crippen LogP contribution in [0.25, 0.3) is 0 Å². The van der Waals surface area contributed by atoms with Crippen molar-refractivity contribution in [2.24, 2.45) is 5.73 Å². The van der Waals surface area contributed by atoms with Crippen molar-refractivity contribution in [1.82, 2.24) is 4.57 Å². The Hall–Kier alpha value is -4.78. The summed E-state index contributed by atoms with van der Waals surface area (Å²) in [6.45, 7) is 2.24. The van der Waals surface area contributed by atoms with Gasteiger partial charge in [-0.25, -0.2) is 0 Å². The summed E-state index contributed by atoms with van der Waals surface area (Å²) >= 11 is 0. The molecule has 0 amide bonds. The zero-order chi connectivity index (χ0) is 26.3. The van der Waals surface area contributed by atoms with Crippen LogP contribution in [0.1, 0.15) is 28.3 Å². The summed E-state index contributed by atoms with van der Waals surface area (Å²) in [5.74, 6) is 1.88. The molecule has 0 fully saturated rings. The van der Waals surface area contributed by atoms with Gasteiger partial charge in [-0.1, -0.05) is 6.07 Å². The van der Waals surface area contributed by atoms with Crippen LogP contribution in [0.15, 0.2) is 52.6 Å². The van der Waals surface area contributed by atoms with Gasteiger partial charge < -0.3 is 38.7 Å². The Labute approximate surface area is 212 Å². The Balaban J connectivity index is 1.70. The Kier molecular flexibility index (Phi) is 6.05. The number of benzene rings is 2. The van der Waals surface area contributed by atoms with E-state index in [0.717, 1.165) is 5.56 Å². The second kappa shape index (κ2) is 9.35. The Bertz CT molecular complexity index is 1530. The average Bonchev–Trinajstić information content (AvgIpc) is 3.37. The third-order valence-electron chi connectivity index (χ3n) is 6.51. The maximum Gasteiger partial charge on any atom is 0.259 e. The zero-order valence-corrected chi connectivity index (χ0v) is 20.8. The van der Waals surface area contributed by atoms with Gasteiger partial charge in [0.2, 0.25) is 12.7 Å². The molecule has 10 nitrogen and oxygen atoms in total. The number of ether oxygens (including phenoxy) is 6. The summed E-state index contributed by atoms with van der Waals surface area (Å²) in [5.41, 5.74) is 8.22. The first-order chi connectivity index (χ1) is 17.9. The maximum atomic E-state index is 14.1. The highest BCUT2D eigenvalue weighted by Gasteiger charge is 2.37. The van der Waals surface area contributed by atoms with E-state index < -0.39 is 5.92 Å². The molecule has 0 spiro atoms. The van der Waals surface area contributed by atoms with Gasteiger partial charge >= 0.3 is 0 Å². The van der Waals surface area contributed by atoms with Gasteiger partial charge in [0.1, 0.15) is 23.1 Å². The second-order valence-electron chi connectivity index (χ2n) is 8.52. The summed E-state index contributed by atoms with van der Waals surface area (Å²) in [5, 5.41) is 10.0. The van der Waals surface area contributed by atoms with E-state index in [2.05, 4.69) is 6.07 Å². The molecule has 2 aliphatic heterocycles. The van der Waals surface area contributed by atoms with Crippen LogP contribution in [-0.2, 0) is 6.54 Å². The molecule has 37 heavy (non-hydrogen) atoms. The van der Waals surface area contributed by atoms with Crippen molar-refractivity contribution in [1.29, 1.82) is 5.26 Å². The highest BCUT2D eigenvalue weighted by Crippen LogP contribution is 2.47. The Morgan fingerprint density at radius 3 is 2.41 bits per heavy atom. The lowest BCUT2D eigenvalue weighted by molar-refractivity contribution is 0.174. The van der Waals surface area contributed by atoms with Crippen LogP contribution in [0, 0.1) is 18.3 Å². The predicted molar refractivity (Wildman–Crippen MR) is 133 cm³/mol. The molecule has 0 saturated carbocycles. The number of rotatable bonds is 6. The van der Waals surface area contributed by atoms with E-state index >= 15 is 0 Å². The van der Waals surface area contributed by atoms with E-state index in [1.165, 1.54) is 21.3 Å². The van der Waals surface area contributed by atoms with Crippen molar-refractivity contribution in [3.05, 3.63) is 80.6 Å². The topological polar surface area (TPSA) is 127 Å². The molecule has 190 valence electrons. The van der Waals surface area contributed by atoms with Crippen molar-refractivity contribution in [3.63, 3.8) is 0 Å². The average molecular weight is 504 g/mol. The van der Waals surface area contributed by atoms with Crippen molar-refractivity contribution in [2.75, 3.05) is 28.1 Å². The number of nitriles is 1. The molecule has 3 heterocycles. The van der Waals surface area contributed by atoms with Gasteiger partial charge in [-0.05, 0) is 30.7 Å². The zero-order valence-electron chi connectivity index (χ0n) is 20.8. The normalized spacial score (nSPS) is 15.5. The van der Waals surface area contributed by atoms with Crippen molar-refractivity contribution >= 4 is 0 Å². The van der Waals surface area contributed by atoms with Gasteiger partial charge in [0.05, 0.1) is 39.4 Å². The molecule has 2 N–H and O–H groups in total. The lowest BCUT2D eigenvalue weighted by Crippen LogP contribution is -2.33. The van der Waals surface area contributed by atoms with Crippen LogP contribution < -0.4 is 39.7 Å². The van der Waals surface area contributed by atoms with Gasteiger partial charge in [0.15, 0.2) is 23.0 Å². The first-order valence-corrected chi connectivity index (χ1v) is 11.4. The molecule has 0 saturated heterocycles. The predicted octanol–water partition coefficient (Wildman–Crippen LogP) is 3.18. The highest BCUT2D eigenvalue weighted by molar-refractivity contribution is 5.62. The third-order valence-corrected chi connectivity index (χ3v) is 6.51. The molecule has 1 aromatic heterocycles. The van der Waals surface area contributed by atoms with E-state index in [9.17, 15) is 10.1 Å². The monoisotopic (exact) mass is 503 g/mol. The molecule has 1 atom stereocenters. The first kappa shape index (κ1) is 23.9. The molecular formula is C27H25N3O7. The summed E-state index contributed by atoms with van der Waals surface area (Å²) < 4.78 is 34.8. The smallest absolute Gasteiger partial charge is 0.259 e. The van der Waals surface area contributed by atoms with Crippen LogP contribution in [-0.4, -0.2) is 32.7 Å². The molecule has 2 aromatic carbocycles. The Morgan fingerprint density at radius 2 is 1.70 bits per heavy atom. The molecule has 10 heteroatoms. The standard InChI is InChI=1S/C27H25N3O7/c1-14-7-23-25(27(31)30(14)12-15-5-6-18-22(8-15)36-13-35-18)24(17(11-28)26(29)37-23)16-9-20(33-3)21(34-4)10-19(16)32-2/h5-10,24H,12-13,29H2,1-4H3. The number of hydrogen-bond acceptors (Lipinski definition) is 9. The number of aryl methyl sites for hydroxylation is 1. The fraction of sp³-hybridized carbons (Fsp3) is 0.259. The van der Waals surface area contributed by atoms with Gasteiger partial charge in [0.25, 0.3) is 5.56 Å². The minimum absolute atomic E-state index is 0.0795.